The van der Waals surface area contributed by atoms with Crippen molar-refractivity contribution in [1.29, 1.82) is 0 Å². The van der Waals surface area contributed by atoms with Crippen molar-refractivity contribution in [3.05, 3.63) is 57.2 Å². The molecule has 0 unspecified atom stereocenters. The first-order valence-corrected chi connectivity index (χ1v) is 8.06. The van der Waals surface area contributed by atoms with Crippen LogP contribution in [0, 0.1) is 24.4 Å². The van der Waals surface area contributed by atoms with Crippen LogP contribution in [0.15, 0.2) is 21.6 Å². The van der Waals surface area contributed by atoms with Gasteiger partial charge in [0, 0.05) is 12.7 Å². The second kappa shape index (κ2) is 6.86. The van der Waals surface area contributed by atoms with Crippen molar-refractivity contribution in [2.75, 3.05) is 0 Å². The van der Waals surface area contributed by atoms with Gasteiger partial charge in [0.2, 0.25) is 11.3 Å². The van der Waals surface area contributed by atoms with Crippen LogP contribution in [-0.4, -0.2) is 20.6 Å². The maximum Gasteiger partial charge on any atom is 0.257 e. The van der Waals surface area contributed by atoms with Crippen LogP contribution in [0.2, 0.25) is 0 Å². The summed E-state index contributed by atoms with van der Waals surface area (Å²) in [5.74, 6) is -4.95. The summed E-state index contributed by atoms with van der Waals surface area (Å²) in [4.78, 5) is 29.1. The number of pyridine rings is 1. The van der Waals surface area contributed by atoms with E-state index in [1.165, 1.54) is 4.57 Å². The van der Waals surface area contributed by atoms with E-state index in [4.69, 9.17) is 4.52 Å². The molecular weight excluding hydrogens is 365 g/mol. The molecule has 1 aromatic carbocycles. The van der Waals surface area contributed by atoms with Gasteiger partial charge in [-0.05, 0) is 26.8 Å². The highest BCUT2D eigenvalue weighted by Gasteiger charge is 2.23. The fourth-order valence-electron chi connectivity index (χ4n) is 2.70. The Morgan fingerprint density at radius 2 is 2.04 bits per heavy atom. The Morgan fingerprint density at radius 1 is 1.33 bits per heavy atom. The van der Waals surface area contributed by atoms with Crippen LogP contribution in [0.4, 0.5) is 13.2 Å². The minimum atomic E-state index is -1.68. The monoisotopic (exact) mass is 380 g/mol. The van der Waals surface area contributed by atoms with Crippen molar-refractivity contribution in [3.8, 4) is 0 Å². The van der Waals surface area contributed by atoms with Gasteiger partial charge < -0.3 is 14.4 Å². The van der Waals surface area contributed by atoms with E-state index in [2.05, 4.69) is 15.5 Å². The van der Waals surface area contributed by atoms with Gasteiger partial charge in [-0.15, -0.1) is 0 Å². The predicted molar refractivity (Wildman–Crippen MR) is 88.7 cm³/mol. The molecule has 1 amide bonds. The SMILES string of the molecule is CCn1cc(C(=O)N[C@H](C)c2nc(C)no2)c(=O)c2cc(F)c(F)c(F)c21. The van der Waals surface area contributed by atoms with Crippen molar-refractivity contribution in [2.45, 2.75) is 33.4 Å². The topological polar surface area (TPSA) is 90.0 Å². The summed E-state index contributed by atoms with van der Waals surface area (Å²) in [6.45, 7) is 4.90. The molecule has 2 heterocycles. The highest BCUT2D eigenvalue weighted by atomic mass is 19.2. The average molecular weight is 380 g/mol. The molecule has 0 aliphatic heterocycles. The Balaban J connectivity index is 2.09. The third kappa shape index (κ3) is 3.18. The van der Waals surface area contributed by atoms with Gasteiger partial charge in [0.15, 0.2) is 23.3 Å². The fraction of sp³-hybridized carbons (Fsp3) is 0.294. The minimum absolute atomic E-state index is 0.122. The van der Waals surface area contributed by atoms with Gasteiger partial charge in [0.25, 0.3) is 5.91 Å². The van der Waals surface area contributed by atoms with Crippen LogP contribution >= 0.6 is 0 Å². The number of nitrogens with one attached hydrogen (secondary N) is 1. The lowest BCUT2D eigenvalue weighted by Crippen LogP contribution is -2.32. The molecule has 0 radical (unpaired) electrons. The number of carbonyl (C=O) groups excluding carboxylic acids is 1. The third-order valence-corrected chi connectivity index (χ3v) is 4.04. The first-order chi connectivity index (χ1) is 12.7. The molecule has 0 aliphatic carbocycles. The van der Waals surface area contributed by atoms with Crippen LogP contribution in [0.3, 0.4) is 0 Å². The Labute approximate surface area is 150 Å². The second-order valence-corrected chi connectivity index (χ2v) is 5.92. The van der Waals surface area contributed by atoms with Crippen molar-refractivity contribution in [1.82, 2.24) is 20.0 Å². The van der Waals surface area contributed by atoms with Crippen molar-refractivity contribution in [2.24, 2.45) is 0 Å². The van der Waals surface area contributed by atoms with Gasteiger partial charge in [0.05, 0.1) is 10.9 Å². The van der Waals surface area contributed by atoms with Gasteiger partial charge in [-0.3, -0.25) is 9.59 Å². The zero-order valence-corrected chi connectivity index (χ0v) is 14.6. The number of benzene rings is 1. The van der Waals surface area contributed by atoms with Gasteiger partial charge in [0.1, 0.15) is 11.6 Å². The van der Waals surface area contributed by atoms with E-state index >= 15 is 0 Å². The normalized spacial score (nSPS) is 12.4. The molecule has 27 heavy (non-hydrogen) atoms. The van der Waals surface area contributed by atoms with Crippen LogP contribution in [0.25, 0.3) is 10.9 Å². The Bertz CT molecular complexity index is 1110. The lowest BCUT2D eigenvalue weighted by Gasteiger charge is -2.14. The maximum absolute atomic E-state index is 14.2. The first kappa shape index (κ1) is 18.6. The van der Waals surface area contributed by atoms with Crippen LogP contribution in [0.5, 0.6) is 0 Å². The molecule has 0 saturated heterocycles. The number of hydrogen-bond donors (Lipinski definition) is 1. The maximum atomic E-state index is 14.2. The number of nitrogens with zero attached hydrogens (tertiary/aromatic N) is 3. The van der Waals surface area contributed by atoms with Gasteiger partial charge >= 0.3 is 0 Å². The van der Waals surface area contributed by atoms with E-state index in [0.29, 0.717) is 11.9 Å². The zero-order chi connectivity index (χ0) is 19.9. The van der Waals surface area contributed by atoms with Crippen LogP contribution in [-0.2, 0) is 6.54 Å². The number of halogens is 3. The fourth-order valence-corrected chi connectivity index (χ4v) is 2.70. The molecule has 0 spiro atoms. The molecule has 0 bridgehead atoms. The Morgan fingerprint density at radius 3 is 2.63 bits per heavy atom. The van der Waals surface area contributed by atoms with Gasteiger partial charge in [-0.25, -0.2) is 13.2 Å². The molecule has 0 aliphatic rings. The third-order valence-electron chi connectivity index (χ3n) is 4.04. The second-order valence-electron chi connectivity index (χ2n) is 5.92. The summed E-state index contributed by atoms with van der Waals surface area (Å²) >= 11 is 0. The average Bonchev–Trinajstić information content (AvgIpc) is 3.07. The molecule has 10 heteroatoms. The van der Waals surface area contributed by atoms with Crippen LogP contribution < -0.4 is 10.7 Å². The highest BCUT2D eigenvalue weighted by molar-refractivity contribution is 5.97. The molecule has 0 saturated carbocycles. The molecule has 3 aromatic rings. The largest absolute Gasteiger partial charge is 0.344 e. The van der Waals surface area contributed by atoms with E-state index in [1.54, 1.807) is 20.8 Å². The number of amides is 1. The number of hydrogen-bond acceptors (Lipinski definition) is 5. The molecule has 7 nitrogen and oxygen atoms in total. The highest BCUT2D eigenvalue weighted by Crippen LogP contribution is 2.22. The molecule has 142 valence electrons. The van der Waals surface area contributed by atoms with Crippen LogP contribution in [0.1, 0.15) is 42.0 Å². The lowest BCUT2D eigenvalue weighted by atomic mass is 10.1. The number of rotatable bonds is 4. The van der Waals surface area contributed by atoms with Crippen molar-refractivity contribution in [3.63, 3.8) is 0 Å². The molecular formula is C17H15F3N4O3. The first-order valence-electron chi connectivity index (χ1n) is 8.06. The molecule has 2 aromatic heterocycles. The van der Waals surface area contributed by atoms with Gasteiger partial charge in [-0.1, -0.05) is 5.16 Å². The van der Waals surface area contributed by atoms with E-state index in [0.717, 1.165) is 6.20 Å². The van der Waals surface area contributed by atoms with E-state index < -0.39 is 45.7 Å². The number of fused-ring (bicyclic) bond motifs is 1. The molecule has 0 fully saturated rings. The zero-order valence-electron chi connectivity index (χ0n) is 14.6. The smallest absolute Gasteiger partial charge is 0.257 e. The van der Waals surface area contributed by atoms with E-state index in [1.807, 2.05) is 0 Å². The summed E-state index contributed by atoms with van der Waals surface area (Å²) in [5, 5.41) is 5.69. The summed E-state index contributed by atoms with van der Waals surface area (Å²) < 4.78 is 47.4. The summed E-state index contributed by atoms with van der Waals surface area (Å²) in [7, 11) is 0. The molecule has 1 N–H and O–H groups in total. The van der Waals surface area contributed by atoms with E-state index in [9.17, 15) is 22.8 Å². The number of carbonyl (C=O) groups is 1. The molecule has 3 rings (SSSR count). The summed E-state index contributed by atoms with van der Waals surface area (Å²) in [6, 6.07) is -0.116. The minimum Gasteiger partial charge on any atom is -0.344 e. The standard InChI is InChI=1S/C17H15F3N4O3/c1-4-24-6-10(16(26)21-7(2)17-22-8(3)23-27-17)15(25)9-5-11(18)12(19)13(20)14(9)24/h5-7H,4H2,1-3H3,(H,21,26)/t7-/m1/s1. The van der Waals surface area contributed by atoms with E-state index in [-0.39, 0.29) is 18.0 Å². The van der Waals surface area contributed by atoms with Crippen molar-refractivity contribution < 1.29 is 22.5 Å². The van der Waals surface area contributed by atoms with Crippen molar-refractivity contribution >= 4 is 16.8 Å². The number of aromatic nitrogens is 3. The Hall–Kier alpha value is -3.17. The Kier molecular flexibility index (Phi) is 4.73. The number of aryl methyl sites for hydroxylation is 2. The predicted octanol–water partition coefficient (Wildman–Crippen LogP) is 2.62. The quantitative estimate of drug-likeness (QED) is 0.703. The van der Waals surface area contributed by atoms with Gasteiger partial charge in [-0.2, -0.15) is 4.98 Å². The summed E-state index contributed by atoms with van der Waals surface area (Å²) in [6.07, 6.45) is 1.10. The lowest BCUT2D eigenvalue weighted by molar-refractivity contribution is 0.0931. The summed E-state index contributed by atoms with van der Waals surface area (Å²) in [5.41, 5.74) is -1.67. The molecule has 1 atom stereocenters.